The van der Waals surface area contributed by atoms with E-state index in [1.165, 1.54) is 30.4 Å². The van der Waals surface area contributed by atoms with Crippen molar-refractivity contribution in [3.63, 3.8) is 0 Å². The van der Waals surface area contributed by atoms with E-state index in [-0.39, 0.29) is 5.41 Å². The molecule has 2 aromatic carbocycles. The summed E-state index contributed by atoms with van der Waals surface area (Å²) in [6, 6.07) is 18.8. The third kappa shape index (κ3) is 4.07. The van der Waals surface area contributed by atoms with Crippen LogP contribution in [0.1, 0.15) is 44.2 Å². The number of phenols is 1. The Morgan fingerprint density at radius 2 is 1.92 bits per heavy atom. The molecule has 134 valence electrons. The second kappa shape index (κ2) is 8.05. The molecule has 0 aromatic heterocycles. The maximum Gasteiger partial charge on any atom is 0.115 e. The van der Waals surface area contributed by atoms with Gasteiger partial charge in [0.15, 0.2) is 0 Å². The van der Waals surface area contributed by atoms with E-state index in [2.05, 4.69) is 55.1 Å². The standard InChI is InChI=1S/C23H31NO/c1-3-13-23(21-10-7-11-22(25)17-21)14-16-24(18-19(23)2)15-12-20-8-5-4-6-9-20/h4-11,17,19,25H,3,12-16,18H2,1-2H3/t19-,23-/m0/s1. The lowest BCUT2D eigenvalue weighted by atomic mass is 9.64. The summed E-state index contributed by atoms with van der Waals surface area (Å²) in [5.74, 6) is 0.991. The molecule has 1 heterocycles. The van der Waals surface area contributed by atoms with E-state index in [0.29, 0.717) is 11.7 Å². The molecule has 0 aliphatic carbocycles. The highest BCUT2D eigenvalue weighted by Gasteiger charge is 2.41. The van der Waals surface area contributed by atoms with E-state index < -0.39 is 0 Å². The summed E-state index contributed by atoms with van der Waals surface area (Å²) in [4.78, 5) is 2.62. The SMILES string of the molecule is CCC[C@]1(c2cccc(O)c2)CCN(CCc2ccccc2)C[C@@H]1C. The molecule has 1 aliphatic rings. The number of phenolic OH excluding ortho intramolecular Hbond substituents is 1. The van der Waals surface area contributed by atoms with Gasteiger partial charge in [-0.05, 0) is 55.0 Å². The van der Waals surface area contributed by atoms with E-state index in [9.17, 15) is 5.11 Å². The molecule has 0 saturated carbocycles. The molecule has 1 N–H and O–H groups in total. The smallest absolute Gasteiger partial charge is 0.115 e. The lowest BCUT2D eigenvalue weighted by Gasteiger charge is -2.47. The van der Waals surface area contributed by atoms with Gasteiger partial charge in [0.25, 0.3) is 0 Å². The van der Waals surface area contributed by atoms with Gasteiger partial charge in [0.1, 0.15) is 5.75 Å². The predicted molar refractivity (Wildman–Crippen MR) is 105 cm³/mol. The summed E-state index contributed by atoms with van der Waals surface area (Å²) in [7, 11) is 0. The maximum absolute atomic E-state index is 9.96. The maximum atomic E-state index is 9.96. The van der Waals surface area contributed by atoms with Crippen LogP contribution in [0.5, 0.6) is 5.75 Å². The van der Waals surface area contributed by atoms with Crippen molar-refractivity contribution in [1.82, 2.24) is 4.90 Å². The lowest BCUT2D eigenvalue weighted by molar-refractivity contribution is 0.0936. The van der Waals surface area contributed by atoms with Gasteiger partial charge in [-0.1, -0.05) is 62.7 Å². The van der Waals surface area contributed by atoms with E-state index in [4.69, 9.17) is 0 Å². The van der Waals surface area contributed by atoms with Crippen LogP contribution in [0.4, 0.5) is 0 Å². The molecule has 0 radical (unpaired) electrons. The first-order chi connectivity index (χ1) is 12.1. The van der Waals surface area contributed by atoms with Gasteiger partial charge in [0.2, 0.25) is 0 Å². The Morgan fingerprint density at radius 1 is 1.12 bits per heavy atom. The highest BCUT2D eigenvalue weighted by atomic mass is 16.3. The summed E-state index contributed by atoms with van der Waals surface area (Å²) in [5.41, 5.74) is 2.95. The van der Waals surface area contributed by atoms with Crippen molar-refractivity contribution in [2.45, 2.75) is 44.9 Å². The molecule has 0 bridgehead atoms. The second-order valence-electron chi connectivity index (χ2n) is 7.64. The number of piperidine rings is 1. The van der Waals surface area contributed by atoms with Crippen LogP contribution in [0.15, 0.2) is 54.6 Å². The first kappa shape index (κ1) is 18.0. The van der Waals surface area contributed by atoms with Gasteiger partial charge in [-0.2, -0.15) is 0 Å². The topological polar surface area (TPSA) is 23.5 Å². The summed E-state index contributed by atoms with van der Waals surface area (Å²) in [6.07, 6.45) is 4.69. The van der Waals surface area contributed by atoms with Crippen molar-refractivity contribution in [3.8, 4) is 5.75 Å². The molecule has 2 nitrogen and oxygen atoms in total. The van der Waals surface area contributed by atoms with Crippen molar-refractivity contribution < 1.29 is 5.11 Å². The van der Waals surface area contributed by atoms with Crippen LogP contribution >= 0.6 is 0 Å². The Morgan fingerprint density at radius 3 is 2.60 bits per heavy atom. The van der Waals surface area contributed by atoms with Gasteiger partial charge in [-0.25, -0.2) is 0 Å². The fourth-order valence-corrected chi connectivity index (χ4v) is 4.60. The fourth-order valence-electron chi connectivity index (χ4n) is 4.60. The zero-order valence-corrected chi connectivity index (χ0v) is 15.6. The molecule has 1 fully saturated rings. The van der Waals surface area contributed by atoms with Crippen LogP contribution in [0.3, 0.4) is 0 Å². The van der Waals surface area contributed by atoms with E-state index in [0.717, 1.165) is 26.1 Å². The number of likely N-dealkylation sites (tertiary alicyclic amines) is 1. The molecule has 0 amide bonds. The molecule has 1 saturated heterocycles. The average molecular weight is 338 g/mol. The monoisotopic (exact) mass is 337 g/mol. The molecule has 1 aliphatic heterocycles. The number of nitrogens with zero attached hydrogens (tertiary/aromatic N) is 1. The van der Waals surface area contributed by atoms with Crippen molar-refractivity contribution in [3.05, 3.63) is 65.7 Å². The minimum atomic E-state index is 0.205. The van der Waals surface area contributed by atoms with E-state index in [1.807, 2.05) is 12.1 Å². The van der Waals surface area contributed by atoms with E-state index in [1.54, 1.807) is 6.07 Å². The largest absolute Gasteiger partial charge is 0.508 e. The summed E-state index contributed by atoms with van der Waals surface area (Å²) in [5, 5.41) is 9.96. The summed E-state index contributed by atoms with van der Waals surface area (Å²) in [6.45, 7) is 8.10. The van der Waals surface area contributed by atoms with Crippen molar-refractivity contribution in [2.24, 2.45) is 5.92 Å². The fraction of sp³-hybridized carbons (Fsp3) is 0.478. The van der Waals surface area contributed by atoms with Gasteiger partial charge in [0.05, 0.1) is 0 Å². The van der Waals surface area contributed by atoms with E-state index >= 15 is 0 Å². The van der Waals surface area contributed by atoms with Crippen LogP contribution in [-0.4, -0.2) is 29.6 Å². The highest BCUT2D eigenvalue weighted by Crippen LogP contribution is 2.44. The van der Waals surface area contributed by atoms with Crippen LogP contribution in [0.25, 0.3) is 0 Å². The Balaban J connectivity index is 1.69. The predicted octanol–water partition coefficient (Wildman–Crippen LogP) is 5.01. The summed E-state index contributed by atoms with van der Waals surface area (Å²) >= 11 is 0. The van der Waals surface area contributed by atoms with Crippen molar-refractivity contribution in [1.29, 1.82) is 0 Å². The van der Waals surface area contributed by atoms with Gasteiger partial charge in [0, 0.05) is 18.5 Å². The van der Waals surface area contributed by atoms with Crippen molar-refractivity contribution >= 4 is 0 Å². The molecule has 2 aromatic rings. The Hall–Kier alpha value is -1.80. The molecular formula is C23H31NO. The van der Waals surface area contributed by atoms with Crippen LogP contribution in [-0.2, 0) is 11.8 Å². The van der Waals surface area contributed by atoms with Crippen molar-refractivity contribution in [2.75, 3.05) is 19.6 Å². The van der Waals surface area contributed by atoms with Gasteiger partial charge in [-0.15, -0.1) is 0 Å². The second-order valence-corrected chi connectivity index (χ2v) is 7.64. The summed E-state index contributed by atoms with van der Waals surface area (Å²) < 4.78 is 0. The number of aromatic hydroxyl groups is 1. The number of rotatable bonds is 6. The van der Waals surface area contributed by atoms with Crippen LogP contribution in [0, 0.1) is 5.92 Å². The van der Waals surface area contributed by atoms with Gasteiger partial charge >= 0.3 is 0 Å². The van der Waals surface area contributed by atoms with Gasteiger partial charge < -0.3 is 10.0 Å². The molecule has 2 heteroatoms. The molecule has 25 heavy (non-hydrogen) atoms. The Kier molecular flexibility index (Phi) is 5.80. The first-order valence-electron chi connectivity index (χ1n) is 9.70. The molecule has 2 atom stereocenters. The Bertz CT molecular complexity index is 669. The molecule has 0 spiro atoms. The molecule has 0 unspecified atom stereocenters. The third-order valence-electron chi connectivity index (χ3n) is 6.03. The number of benzene rings is 2. The lowest BCUT2D eigenvalue weighted by Crippen LogP contribution is -2.49. The number of hydrogen-bond donors (Lipinski definition) is 1. The highest BCUT2D eigenvalue weighted by molar-refractivity contribution is 5.34. The molecule has 3 rings (SSSR count). The minimum Gasteiger partial charge on any atom is -0.508 e. The molecular weight excluding hydrogens is 306 g/mol. The first-order valence-corrected chi connectivity index (χ1v) is 9.70. The normalized spacial score (nSPS) is 24.3. The zero-order valence-electron chi connectivity index (χ0n) is 15.6. The van der Waals surface area contributed by atoms with Gasteiger partial charge in [-0.3, -0.25) is 0 Å². The zero-order chi connectivity index (χ0) is 17.7. The Labute approximate surface area is 152 Å². The van der Waals surface area contributed by atoms with Crippen LogP contribution in [0.2, 0.25) is 0 Å². The quantitative estimate of drug-likeness (QED) is 0.800. The average Bonchev–Trinajstić information content (AvgIpc) is 2.63. The number of hydrogen-bond acceptors (Lipinski definition) is 2. The van der Waals surface area contributed by atoms with Crippen LogP contribution < -0.4 is 0 Å². The minimum absolute atomic E-state index is 0.205. The third-order valence-corrected chi connectivity index (χ3v) is 6.03.